The van der Waals surface area contributed by atoms with Crippen LogP contribution < -0.4 is 0 Å². The second-order valence-corrected chi connectivity index (χ2v) is 4.80. The molecule has 2 heterocycles. The van der Waals surface area contributed by atoms with E-state index in [1.54, 1.807) is 0 Å². The van der Waals surface area contributed by atoms with Gasteiger partial charge in [0.1, 0.15) is 0 Å². The van der Waals surface area contributed by atoms with E-state index in [0.717, 1.165) is 18.0 Å². The molecule has 2 rings (SSSR count). The Hall–Kier alpha value is -0.0400. The zero-order chi connectivity index (χ0) is 8.55. The summed E-state index contributed by atoms with van der Waals surface area (Å²) in [5.41, 5.74) is 0. The van der Waals surface area contributed by atoms with Gasteiger partial charge in [-0.2, -0.15) is 0 Å². The molecule has 0 N–H and O–H groups in total. The lowest BCUT2D eigenvalue weighted by atomic mass is 9.98. The molecular weight excluding hydrogens is 146 g/mol. The summed E-state index contributed by atoms with van der Waals surface area (Å²) in [6.45, 7) is 6.21. The number of hydrogen-bond donors (Lipinski definition) is 0. The van der Waals surface area contributed by atoms with Crippen LogP contribution in [0.2, 0.25) is 0 Å². The van der Waals surface area contributed by atoms with Gasteiger partial charge in [-0.15, -0.1) is 0 Å². The number of rotatable bonds is 0. The molecule has 1 nitrogen and oxygen atoms in total. The van der Waals surface area contributed by atoms with Crippen LogP contribution in [-0.2, 0) is 0 Å². The van der Waals surface area contributed by atoms with Crippen LogP contribution in [0.5, 0.6) is 0 Å². The molecule has 0 amide bonds. The quantitative estimate of drug-likeness (QED) is 0.536. The summed E-state index contributed by atoms with van der Waals surface area (Å²) in [5.74, 6) is 0.964. The molecule has 0 spiro atoms. The van der Waals surface area contributed by atoms with Gasteiger partial charge in [0.15, 0.2) is 0 Å². The number of hydrogen-bond acceptors (Lipinski definition) is 1. The van der Waals surface area contributed by atoms with Crippen LogP contribution in [0.1, 0.15) is 46.0 Å². The van der Waals surface area contributed by atoms with Crippen molar-refractivity contribution in [2.24, 2.45) is 5.92 Å². The molecule has 0 aromatic rings. The minimum absolute atomic E-state index is 0.856. The highest BCUT2D eigenvalue weighted by molar-refractivity contribution is 4.86. The highest BCUT2D eigenvalue weighted by Crippen LogP contribution is 2.31. The summed E-state index contributed by atoms with van der Waals surface area (Å²) in [5, 5.41) is 0. The zero-order valence-electron chi connectivity index (χ0n) is 8.42. The normalized spacial score (nSPS) is 44.0. The summed E-state index contributed by atoms with van der Waals surface area (Å²) < 4.78 is 0. The third-order valence-electron chi connectivity index (χ3n) is 3.73. The molecule has 2 saturated heterocycles. The summed E-state index contributed by atoms with van der Waals surface area (Å²) in [4.78, 5) is 2.75. The fourth-order valence-electron chi connectivity index (χ4n) is 3.06. The smallest absolute Gasteiger partial charge is 0.00986 e. The maximum absolute atomic E-state index is 2.75. The van der Waals surface area contributed by atoms with Crippen LogP contribution >= 0.6 is 0 Å². The Morgan fingerprint density at radius 2 is 1.92 bits per heavy atom. The van der Waals surface area contributed by atoms with Crippen molar-refractivity contribution in [1.82, 2.24) is 4.90 Å². The zero-order valence-corrected chi connectivity index (χ0v) is 8.42. The first-order valence-electron chi connectivity index (χ1n) is 5.53. The molecule has 0 aromatic carbocycles. The van der Waals surface area contributed by atoms with Gasteiger partial charge in [-0.25, -0.2) is 0 Å². The van der Waals surface area contributed by atoms with Crippen LogP contribution in [0, 0.1) is 5.92 Å². The Bertz CT molecular complexity index is 155. The van der Waals surface area contributed by atoms with Gasteiger partial charge in [0.2, 0.25) is 0 Å². The number of fused-ring (bicyclic) bond motifs is 1. The Morgan fingerprint density at radius 3 is 2.75 bits per heavy atom. The first kappa shape index (κ1) is 8.55. The lowest BCUT2D eigenvalue weighted by molar-refractivity contribution is 0.191. The minimum atomic E-state index is 0.856. The largest absolute Gasteiger partial charge is 0.298 e. The fourth-order valence-corrected chi connectivity index (χ4v) is 3.06. The molecule has 1 heteroatoms. The van der Waals surface area contributed by atoms with Crippen LogP contribution in [0.25, 0.3) is 0 Å². The van der Waals surface area contributed by atoms with E-state index < -0.39 is 0 Å². The first-order valence-corrected chi connectivity index (χ1v) is 5.53. The lowest BCUT2D eigenvalue weighted by Gasteiger charge is -2.27. The second-order valence-electron chi connectivity index (χ2n) is 4.80. The topological polar surface area (TPSA) is 3.24 Å². The Morgan fingerprint density at radius 1 is 1.08 bits per heavy atom. The van der Waals surface area contributed by atoms with Gasteiger partial charge in [-0.05, 0) is 51.5 Å². The van der Waals surface area contributed by atoms with E-state index in [1.807, 2.05) is 0 Å². The van der Waals surface area contributed by atoms with Gasteiger partial charge in [0, 0.05) is 12.1 Å². The molecule has 12 heavy (non-hydrogen) atoms. The van der Waals surface area contributed by atoms with Crippen molar-refractivity contribution >= 4 is 0 Å². The Labute approximate surface area is 76.1 Å². The monoisotopic (exact) mass is 167 g/mol. The Kier molecular flexibility index (Phi) is 2.40. The average Bonchev–Trinajstić information content (AvgIpc) is 2.43. The van der Waals surface area contributed by atoms with Crippen LogP contribution in [-0.4, -0.2) is 23.5 Å². The molecule has 2 aliphatic heterocycles. The van der Waals surface area contributed by atoms with Crippen molar-refractivity contribution in [2.45, 2.75) is 58.0 Å². The molecule has 0 bridgehead atoms. The molecule has 0 aliphatic carbocycles. The Balaban J connectivity index is 2.04. The van der Waals surface area contributed by atoms with Crippen LogP contribution in [0.4, 0.5) is 0 Å². The van der Waals surface area contributed by atoms with E-state index in [1.165, 1.54) is 38.6 Å². The van der Waals surface area contributed by atoms with E-state index >= 15 is 0 Å². The molecule has 0 aromatic heterocycles. The second kappa shape index (κ2) is 3.37. The lowest BCUT2D eigenvalue weighted by Crippen LogP contribution is -2.35. The molecular formula is C11H21N. The van der Waals surface area contributed by atoms with Crippen molar-refractivity contribution in [3.8, 4) is 0 Å². The van der Waals surface area contributed by atoms with Gasteiger partial charge in [0.05, 0.1) is 0 Å². The van der Waals surface area contributed by atoms with Gasteiger partial charge in [-0.1, -0.05) is 6.92 Å². The maximum atomic E-state index is 2.75. The van der Waals surface area contributed by atoms with Gasteiger partial charge < -0.3 is 0 Å². The number of nitrogens with zero attached hydrogens (tertiary/aromatic N) is 1. The van der Waals surface area contributed by atoms with Crippen molar-refractivity contribution in [3.05, 3.63) is 0 Å². The standard InChI is InChI=1S/C11H21N/c1-9-5-6-11-4-3-7-12(11)10(2)8-9/h9-11H,3-8H2,1-2H3. The van der Waals surface area contributed by atoms with Crippen LogP contribution in [0.3, 0.4) is 0 Å². The van der Waals surface area contributed by atoms with E-state index in [-0.39, 0.29) is 0 Å². The van der Waals surface area contributed by atoms with E-state index in [4.69, 9.17) is 0 Å². The predicted molar refractivity (Wildman–Crippen MR) is 52.2 cm³/mol. The van der Waals surface area contributed by atoms with E-state index in [2.05, 4.69) is 18.7 Å². The van der Waals surface area contributed by atoms with Gasteiger partial charge >= 0.3 is 0 Å². The maximum Gasteiger partial charge on any atom is 0.00986 e. The van der Waals surface area contributed by atoms with Gasteiger partial charge in [-0.3, -0.25) is 4.90 Å². The molecule has 3 atom stereocenters. The molecule has 2 aliphatic rings. The average molecular weight is 167 g/mol. The molecule has 70 valence electrons. The molecule has 0 radical (unpaired) electrons. The van der Waals surface area contributed by atoms with Crippen molar-refractivity contribution in [3.63, 3.8) is 0 Å². The summed E-state index contributed by atoms with van der Waals surface area (Å²) in [6.07, 6.45) is 7.27. The first-order chi connectivity index (χ1) is 5.77. The summed E-state index contributed by atoms with van der Waals surface area (Å²) in [7, 11) is 0. The SMILES string of the molecule is CC1CCC2CCCN2C(C)C1. The predicted octanol–water partition coefficient (Wildman–Crippen LogP) is 2.66. The van der Waals surface area contributed by atoms with Crippen molar-refractivity contribution in [2.75, 3.05) is 6.54 Å². The minimum Gasteiger partial charge on any atom is -0.298 e. The fraction of sp³-hybridized carbons (Fsp3) is 1.00. The third-order valence-corrected chi connectivity index (χ3v) is 3.73. The van der Waals surface area contributed by atoms with Crippen molar-refractivity contribution in [1.29, 1.82) is 0 Å². The molecule has 0 saturated carbocycles. The van der Waals surface area contributed by atoms with Crippen LogP contribution in [0.15, 0.2) is 0 Å². The molecule has 3 unspecified atom stereocenters. The summed E-state index contributed by atoms with van der Waals surface area (Å²) in [6, 6.07) is 1.81. The highest BCUT2D eigenvalue weighted by atomic mass is 15.2. The van der Waals surface area contributed by atoms with Gasteiger partial charge in [0.25, 0.3) is 0 Å². The third kappa shape index (κ3) is 1.52. The highest BCUT2D eigenvalue weighted by Gasteiger charge is 2.31. The van der Waals surface area contributed by atoms with E-state index in [0.29, 0.717) is 0 Å². The summed E-state index contributed by atoms with van der Waals surface area (Å²) >= 11 is 0. The molecule has 2 fully saturated rings. The van der Waals surface area contributed by atoms with E-state index in [9.17, 15) is 0 Å². The van der Waals surface area contributed by atoms with Crippen molar-refractivity contribution < 1.29 is 0 Å².